The van der Waals surface area contributed by atoms with Crippen LogP contribution >= 0.6 is 0 Å². The van der Waals surface area contributed by atoms with Gasteiger partial charge in [0.25, 0.3) is 0 Å². The molecule has 0 fully saturated rings. The first-order chi connectivity index (χ1) is 9.75. The molecule has 1 aromatic heterocycles. The van der Waals surface area contributed by atoms with Crippen LogP contribution < -0.4 is 5.76 Å². The minimum Gasteiger partial charge on any atom is -0.407 e. The van der Waals surface area contributed by atoms with Crippen LogP contribution in [-0.4, -0.2) is 4.57 Å². The summed E-state index contributed by atoms with van der Waals surface area (Å²) in [5.41, 5.74) is 2.86. The predicted octanol–water partition coefficient (Wildman–Crippen LogP) is 3.47. The van der Waals surface area contributed by atoms with E-state index in [1.165, 1.54) is 0 Å². The number of hydrogen-bond acceptors (Lipinski definition) is 2. The highest BCUT2D eigenvalue weighted by molar-refractivity contribution is 5.59. The first kappa shape index (κ1) is 12.5. The molecule has 3 nitrogen and oxygen atoms in total. The Kier molecular flexibility index (Phi) is 3.25. The summed E-state index contributed by atoms with van der Waals surface area (Å²) in [5, 5.41) is 0. The molecule has 3 rings (SSSR count). The Morgan fingerprint density at radius 3 is 2.20 bits per heavy atom. The van der Waals surface area contributed by atoms with Crippen LogP contribution in [0.5, 0.6) is 0 Å². The molecule has 0 N–H and O–H groups in total. The molecule has 0 saturated carbocycles. The van der Waals surface area contributed by atoms with Gasteiger partial charge in [-0.05, 0) is 12.5 Å². The van der Waals surface area contributed by atoms with Gasteiger partial charge in [0.1, 0.15) is 0 Å². The Bertz CT molecular complexity index is 755. The van der Waals surface area contributed by atoms with Crippen molar-refractivity contribution in [3.8, 4) is 11.3 Å². The average Bonchev–Trinajstić information content (AvgIpc) is 2.77. The molecule has 0 atom stereocenters. The van der Waals surface area contributed by atoms with Crippen LogP contribution in [0, 0.1) is 6.92 Å². The van der Waals surface area contributed by atoms with E-state index in [2.05, 4.69) is 0 Å². The molecular formula is C17H15NO2. The summed E-state index contributed by atoms with van der Waals surface area (Å²) in [7, 11) is 0. The molecule has 100 valence electrons. The van der Waals surface area contributed by atoms with Gasteiger partial charge in [-0.15, -0.1) is 0 Å². The summed E-state index contributed by atoms with van der Waals surface area (Å²) in [6.45, 7) is 2.44. The van der Waals surface area contributed by atoms with Gasteiger partial charge in [0.2, 0.25) is 0 Å². The molecule has 0 aliphatic heterocycles. The van der Waals surface area contributed by atoms with E-state index in [0.29, 0.717) is 12.3 Å². The Morgan fingerprint density at radius 1 is 0.950 bits per heavy atom. The van der Waals surface area contributed by atoms with Crippen molar-refractivity contribution in [1.82, 2.24) is 4.57 Å². The molecule has 3 aromatic rings. The number of rotatable bonds is 3. The molecule has 0 aliphatic rings. The fraction of sp³-hybridized carbons (Fsp3) is 0.118. The second-order valence-corrected chi connectivity index (χ2v) is 4.72. The first-order valence-corrected chi connectivity index (χ1v) is 6.55. The third-order valence-corrected chi connectivity index (χ3v) is 3.36. The molecule has 0 amide bonds. The van der Waals surface area contributed by atoms with Crippen molar-refractivity contribution in [2.24, 2.45) is 0 Å². The third-order valence-electron chi connectivity index (χ3n) is 3.36. The van der Waals surface area contributed by atoms with Gasteiger partial charge < -0.3 is 4.42 Å². The van der Waals surface area contributed by atoms with Gasteiger partial charge in [-0.3, -0.25) is 4.57 Å². The highest BCUT2D eigenvalue weighted by Gasteiger charge is 2.14. The van der Waals surface area contributed by atoms with E-state index in [4.69, 9.17) is 4.42 Å². The van der Waals surface area contributed by atoms with Crippen molar-refractivity contribution >= 4 is 0 Å². The number of hydrogen-bond donors (Lipinski definition) is 0. The topological polar surface area (TPSA) is 35.1 Å². The molecule has 2 aromatic carbocycles. The van der Waals surface area contributed by atoms with Crippen LogP contribution in [0.1, 0.15) is 11.3 Å². The minimum atomic E-state index is -0.315. The van der Waals surface area contributed by atoms with Crippen molar-refractivity contribution < 1.29 is 4.42 Å². The normalized spacial score (nSPS) is 10.7. The van der Waals surface area contributed by atoms with Gasteiger partial charge in [0.05, 0.1) is 12.2 Å². The Labute approximate surface area is 117 Å². The van der Waals surface area contributed by atoms with Gasteiger partial charge in [-0.1, -0.05) is 60.7 Å². The van der Waals surface area contributed by atoms with Gasteiger partial charge in [0, 0.05) is 5.56 Å². The summed E-state index contributed by atoms with van der Waals surface area (Å²) >= 11 is 0. The Morgan fingerprint density at radius 2 is 1.55 bits per heavy atom. The molecule has 0 bridgehead atoms. The Hall–Kier alpha value is -2.55. The van der Waals surface area contributed by atoms with E-state index in [0.717, 1.165) is 16.8 Å². The van der Waals surface area contributed by atoms with Crippen LogP contribution in [0.15, 0.2) is 69.9 Å². The maximum absolute atomic E-state index is 12.0. The maximum Gasteiger partial charge on any atom is 0.420 e. The molecule has 0 radical (unpaired) electrons. The van der Waals surface area contributed by atoms with Crippen molar-refractivity contribution in [3.63, 3.8) is 0 Å². The number of benzene rings is 2. The molecule has 3 heteroatoms. The quantitative estimate of drug-likeness (QED) is 0.727. The number of aromatic nitrogens is 1. The van der Waals surface area contributed by atoms with Crippen LogP contribution in [0.3, 0.4) is 0 Å². The zero-order chi connectivity index (χ0) is 13.9. The second-order valence-electron chi connectivity index (χ2n) is 4.72. The fourth-order valence-electron chi connectivity index (χ4n) is 2.28. The van der Waals surface area contributed by atoms with Crippen LogP contribution in [-0.2, 0) is 6.54 Å². The molecule has 0 aliphatic carbocycles. The maximum atomic E-state index is 12.0. The molecule has 20 heavy (non-hydrogen) atoms. The van der Waals surface area contributed by atoms with E-state index in [1.54, 1.807) is 4.57 Å². The highest BCUT2D eigenvalue weighted by atomic mass is 16.4. The smallest absolute Gasteiger partial charge is 0.407 e. The monoisotopic (exact) mass is 265 g/mol. The molecule has 1 heterocycles. The molecule has 0 spiro atoms. The predicted molar refractivity (Wildman–Crippen MR) is 78.7 cm³/mol. The molecule has 0 unspecified atom stereocenters. The number of oxazole rings is 1. The third kappa shape index (κ3) is 2.30. The lowest BCUT2D eigenvalue weighted by atomic mass is 10.1. The summed E-state index contributed by atoms with van der Waals surface area (Å²) in [6, 6.07) is 19.6. The zero-order valence-electron chi connectivity index (χ0n) is 11.2. The number of nitrogens with zero attached hydrogens (tertiary/aromatic N) is 1. The summed E-state index contributed by atoms with van der Waals surface area (Å²) in [6.07, 6.45) is 0. The van der Waals surface area contributed by atoms with Crippen LogP contribution in [0.25, 0.3) is 11.3 Å². The lowest BCUT2D eigenvalue weighted by Gasteiger charge is -2.04. The van der Waals surface area contributed by atoms with E-state index in [1.807, 2.05) is 67.6 Å². The second kappa shape index (κ2) is 5.21. The largest absolute Gasteiger partial charge is 0.420 e. The van der Waals surface area contributed by atoms with E-state index in [9.17, 15) is 4.79 Å². The highest BCUT2D eigenvalue weighted by Crippen LogP contribution is 2.22. The summed E-state index contributed by atoms with van der Waals surface area (Å²) < 4.78 is 7.08. The van der Waals surface area contributed by atoms with Crippen molar-refractivity contribution in [1.29, 1.82) is 0 Å². The summed E-state index contributed by atoms with van der Waals surface area (Å²) in [4.78, 5) is 12.0. The first-order valence-electron chi connectivity index (χ1n) is 6.55. The minimum absolute atomic E-state index is 0.315. The van der Waals surface area contributed by atoms with Crippen LogP contribution in [0.4, 0.5) is 0 Å². The van der Waals surface area contributed by atoms with E-state index >= 15 is 0 Å². The standard InChI is InChI=1S/C17H15NO2/c1-13-16(15-10-6-3-7-11-15)20-17(19)18(13)12-14-8-4-2-5-9-14/h2-11H,12H2,1H3. The van der Waals surface area contributed by atoms with Crippen molar-refractivity contribution in [3.05, 3.63) is 82.5 Å². The van der Waals surface area contributed by atoms with Gasteiger partial charge in [-0.2, -0.15) is 0 Å². The van der Waals surface area contributed by atoms with Crippen molar-refractivity contribution in [2.75, 3.05) is 0 Å². The zero-order valence-corrected chi connectivity index (χ0v) is 11.2. The fourth-order valence-corrected chi connectivity index (χ4v) is 2.28. The van der Waals surface area contributed by atoms with Gasteiger partial charge in [0.15, 0.2) is 5.76 Å². The Balaban J connectivity index is 2.02. The SMILES string of the molecule is Cc1c(-c2ccccc2)oc(=O)n1Cc1ccccc1. The lowest BCUT2D eigenvalue weighted by molar-refractivity contribution is 0.497. The molecular weight excluding hydrogens is 250 g/mol. The van der Waals surface area contributed by atoms with E-state index in [-0.39, 0.29) is 5.76 Å². The van der Waals surface area contributed by atoms with E-state index < -0.39 is 0 Å². The van der Waals surface area contributed by atoms with Crippen LogP contribution in [0.2, 0.25) is 0 Å². The van der Waals surface area contributed by atoms with Gasteiger partial charge in [-0.25, -0.2) is 4.79 Å². The molecule has 0 saturated heterocycles. The van der Waals surface area contributed by atoms with Gasteiger partial charge >= 0.3 is 5.76 Å². The average molecular weight is 265 g/mol. The lowest BCUT2D eigenvalue weighted by Crippen LogP contribution is -2.16. The summed E-state index contributed by atoms with van der Waals surface area (Å²) in [5.74, 6) is 0.330. The van der Waals surface area contributed by atoms with Crippen molar-refractivity contribution in [2.45, 2.75) is 13.5 Å².